The molecule has 0 aromatic heterocycles. The molecule has 0 aromatic carbocycles. The minimum atomic E-state index is 0. The van der Waals surface area contributed by atoms with E-state index in [2.05, 4.69) is 19.2 Å². The lowest BCUT2D eigenvalue weighted by molar-refractivity contribution is 0.205. The normalized spacial score (nSPS) is 5.39. The Morgan fingerprint density at radius 3 is 1.11 bits per heavy atom. The molecule has 122 valence electrons. The summed E-state index contributed by atoms with van der Waals surface area (Å²) < 4.78 is 0. The average Bonchev–Trinajstić information content (AvgIpc) is 2.08. The fourth-order valence-electron chi connectivity index (χ4n) is 0.669. The first-order chi connectivity index (χ1) is 5.67. The van der Waals surface area contributed by atoms with Crippen LogP contribution in [0.15, 0.2) is 0 Å². The predicted molar refractivity (Wildman–Crippen MR) is 93.7 cm³/mol. The van der Waals surface area contributed by atoms with E-state index in [0.717, 1.165) is 13.1 Å². The minimum absolute atomic E-state index is 0. The van der Waals surface area contributed by atoms with Gasteiger partial charge in [0.25, 0.3) is 0 Å². The van der Waals surface area contributed by atoms with Crippen LogP contribution in [-0.4, -0.2) is 31.1 Å². The lowest BCUT2D eigenvalue weighted by Gasteiger charge is -2.16. The van der Waals surface area contributed by atoms with Gasteiger partial charge in [-0.3, -0.25) is 0 Å². The van der Waals surface area contributed by atoms with E-state index in [0.29, 0.717) is 0 Å². The summed E-state index contributed by atoms with van der Waals surface area (Å²) in [5.41, 5.74) is 0. The Morgan fingerprint density at radius 2 is 1.06 bits per heavy atom. The number of hydrogen-bond acceptors (Lipinski definition) is 1. The van der Waals surface area contributed by atoms with Gasteiger partial charge in [0.15, 0.2) is 0 Å². The molecule has 0 saturated heterocycles. The van der Waals surface area contributed by atoms with Crippen molar-refractivity contribution >= 4 is 6.03 Å². The van der Waals surface area contributed by atoms with Crippen LogP contribution >= 0.6 is 0 Å². The summed E-state index contributed by atoms with van der Waals surface area (Å²) in [5, 5.41) is 2.55. The van der Waals surface area contributed by atoms with E-state index < -0.39 is 0 Å². The van der Waals surface area contributed by atoms with Crippen molar-refractivity contribution in [2.75, 3.05) is 20.1 Å². The average molecular weight is 271 g/mol. The first kappa shape index (κ1) is 53.2. The third-order valence-electron chi connectivity index (χ3n) is 1.26. The molecule has 1 N–H and O–H groups in total. The molecule has 0 bridgehead atoms. The third-order valence-corrected chi connectivity index (χ3v) is 1.26. The lowest BCUT2D eigenvalue weighted by atomic mass is 10.5. The standard InChI is InChI=1S/C6H14N2O.C3H8.6CH4/c1-4-8(5-2)6(9)7-3;1-3-2;;;;;;/h4-5H2,1-3H3,(H,7,9);3H2,1-2H3;6*1H4. The highest BCUT2D eigenvalue weighted by Crippen LogP contribution is 1.85. The fraction of sp³-hybridized carbons (Fsp3) is 0.933. The van der Waals surface area contributed by atoms with E-state index in [4.69, 9.17) is 0 Å². The highest BCUT2D eigenvalue weighted by atomic mass is 16.2. The van der Waals surface area contributed by atoms with Crippen molar-refractivity contribution in [3.05, 3.63) is 0 Å². The fourth-order valence-corrected chi connectivity index (χ4v) is 0.669. The molecule has 0 radical (unpaired) electrons. The zero-order valence-electron chi connectivity index (χ0n) is 8.98. The molecule has 3 heteroatoms. The number of nitrogens with one attached hydrogen (secondary N) is 1. The Labute approximate surface area is 120 Å². The number of rotatable bonds is 2. The summed E-state index contributed by atoms with van der Waals surface area (Å²) >= 11 is 0. The van der Waals surface area contributed by atoms with Crippen molar-refractivity contribution in [3.63, 3.8) is 0 Å². The van der Waals surface area contributed by atoms with E-state index in [1.54, 1.807) is 11.9 Å². The first-order valence-corrected chi connectivity index (χ1v) is 4.64. The molecule has 0 aliphatic carbocycles. The summed E-state index contributed by atoms with van der Waals surface area (Å²) in [7, 11) is 1.64. The quantitative estimate of drug-likeness (QED) is 0.665. The zero-order valence-corrected chi connectivity index (χ0v) is 8.98. The summed E-state index contributed by atoms with van der Waals surface area (Å²) in [6.45, 7) is 9.71. The van der Waals surface area contributed by atoms with Gasteiger partial charge in [-0.05, 0) is 13.8 Å². The molecule has 0 spiro atoms. The molecule has 18 heavy (non-hydrogen) atoms. The van der Waals surface area contributed by atoms with E-state index in [1.807, 2.05) is 13.8 Å². The van der Waals surface area contributed by atoms with Gasteiger partial charge >= 0.3 is 6.03 Å². The highest BCUT2D eigenvalue weighted by Gasteiger charge is 2.03. The summed E-state index contributed by atoms with van der Waals surface area (Å²) in [6, 6.07) is 0.000000000000000222. The van der Waals surface area contributed by atoms with Gasteiger partial charge in [0, 0.05) is 20.1 Å². The van der Waals surface area contributed by atoms with Crippen molar-refractivity contribution in [2.24, 2.45) is 0 Å². The first-order valence-electron chi connectivity index (χ1n) is 4.64. The van der Waals surface area contributed by atoms with E-state index >= 15 is 0 Å². The van der Waals surface area contributed by atoms with E-state index in [9.17, 15) is 4.79 Å². The van der Waals surface area contributed by atoms with Gasteiger partial charge < -0.3 is 10.2 Å². The van der Waals surface area contributed by atoms with Crippen LogP contribution in [0.5, 0.6) is 0 Å². The van der Waals surface area contributed by atoms with Gasteiger partial charge in [0.05, 0.1) is 0 Å². The maximum absolute atomic E-state index is 10.8. The van der Waals surface area contributed by atoms with Crippen LogP contribution in [0.3, 0.4) is 0 Å². The molecule has 0 fully saturated rings. The molecule has 0 saturated carbocycles. The van der Waals surface area contributed by atoms with Gasteiger partial charge in [-0.2, -0.15) is 0 Å². The van der Waals surface area contributed by atoms with Crippen LogP contribution in [0.2, 0.25) is 0 Å². The molecule has 0 atom stereocenters. The second-order valence-corrected chi connectivity index (χ2v) is 2.43. The monoisotopic (exact) mass is 270 g/mol. The largest absolute Gasteiger partial charge is 0.341 e. The molecule has 0 aromatic rings. The second kappa shape index (κ2) is 44.1. The van der Waals surface area contributed by atoms with Gasteiger partial charge in [0.1, 0.15) is 0 Å². The minimum Gasteiger partial charge on any atom is -0.341 e. The summed E-state index contributed by atoms with van der Waals surface area (Å²) in [5.74, 6) is 0. The van der Waals surface area contributed by atoms with Crippen molar-refractivity contribution in [1.82, 2.24) is 10.2 Å². The number of amides is 2. The topological polar surface area (TPSA) is 32.3 Å². The number of carbonyl (C=O) groups is 1. The molecular weight excluding hydrogens is 224 g/mol. The van der Waals surface area contributed by atoms with Crippen molar-refractivity contribution in [1.29, 1.82) is 0 Å². The molecule has 2 amide bonds. The van der Waals surface area contributed by atoms with Gasteiger partial charge in [-0.25, -0.2) is 4.79 Å². The SMILES string of the molecule is C.C.C.C.C.C.CCC.CCN(CC)C(=O)NC. The summed E-state index contributed by atoms with van der Waals surface area (Å²) in [4.78, 5) is 12.5. The maximum Gasteiger partial charge on any atom is 0.317 e. The van der Waals surface area contributed by atoms with Crippen LogP contribution in [0, 0.1) is 0 Å². The van der Waals surface area contributed by atoms with E-state index in [1.165, 1.54) is 6.42 Å². The summed E-state index contributed by atoms with van der Waals surface area (Å²) in [6.07, 6.45) is 1.25. The smallest absolute Gasteiger partial charge is 0.317 e. The molecule has 0 unspecified atom stereocenters. The third kappa shape index (κ3) is 36.2. The number of urea groups is 1. The van der Waals surface area contributed by atoms with E-state index in [-0.39, 0.29) is 50.6 Å². The molecule has 0 heterocycles. The van der Waals surface area contributed by atoms with Crippen LogP contribution in [-0.2, 0) is 0 Å². The Kier molecular flexibility index (Phi) is 130. The van der Waals surface area contributed by atoms with Gasteiger partial charge in [0.2, 0.25) is 0 Å². The second-order valence-electron chi connectivity index (χ2n) is 2.43. The van der Waals surface area contributed by atoms with Gasteiger partial charge in [-0.15, -0.1) is 0 Å². The molecule has 0 aliphatic rings. The number of nitrogens with zero attached hydrogens (tertiary/aromatic N) is 1. The number of hydrogen-bond donors (Lipinski definition) is 1. The Hall–Kier alpha value is -0.730. The Balaban J connectivity index is -0.0000000170. The van der Waals surface area contributed by atoms with Crippen LogP contribution in [0.4, 0.5) is 4.79 Å². The molecule has 0 aliphatic heterocycles. The van der Waals surface area contributed by atoms with Crippen LogP contribution < -0.4 is 5.32 Å². The van der Waals surface area contributed by atoms with Crippen LogP contribution in [0.1, 0.15) is 78.7 Å². The van der Waals surface area contributed by atoms with Crippen molar-refractivity contribution < 1.29 is 4.79 Å². The molecule has 3 nitrogen and oxygen atoms in total. The van der Waals surface area contributed by atoms with Crippen molar-refractivity contribution in [2.45, 2.75) is 78.7 Å². The lowest BCUT2D eigenvalue weighted by Crippen LogP contribution is -2.37. The van der Waals surface area contributed by atoms with Crippen LogP contribution in [0.25, 0.3) is 0 Å². The maximum atomic E-state index is 10.8. The number of carbonyl (C=O) groups excluding carboxylic acids is 1. The Morgan fingerprint density at radius 1 is 0.833 bits per heavy atom. The zero-order chi connectivity index (χ0) is 9.98. The molecule has 0 rings (SSSR count). The highest BCUT2D eigenvalue weighted by molar-refractivity contribution is 5.73. The van der Waals surface area contributed by atoms with Gasteiger partial charge in [-0.1, -0.05) is 64.8 Å². The predicted octanol–water partition coefficient (Wildman–Crippen LogP) is 5.90. The Bertz CT molecular complexity index is 103. The molecular formula is C15H46N2O. The van der Waals surface area contributed by atoms with Crippen molar-refractivity contribution in [3.8, 4) is 0 Å².